The molecular weight excluding hydrogens is 260 g/mol. The first-order valence-electron chi connectivity index (χ1n) is 4.79. The van der Waals surface area contributed by atoms with Crippen molar-refractivity contribution in [3.8, 4) is 0 Å². The SMILES string of the molecule is O=C1NC(=S)n2c1cc1cc(Cl)ccc1c2=O. The van der Waals surface area contributed by atoms with Crippen LogP contribution in [-0.4, -0.2) is 15.6 Å². The van der Waals surface area contributed by atoms with Gasteiger partial charge in [-0.25, -0.2) is 4.57 Å². The van der Waals surface area contributed by atoms with Crippen molar-refractivity contribution in [2.45, 2.75) is 0 Å². The second-order valence-electron chi connectivity index (χ2n) is 3.66. The molecule has 1 aromatic carbocycles. The van der Waals surface area contributed by atoms with Gasteiger partial charge in [0, 0.05) is 10.4 Å². The number of nitrogens with one attached hydrogen (secondary N) is 1. The molecule has 84 valence electrons. The normalized spacial score (nSPS) is 13.9. The van der Waals surface area contributed by atoms with Gasteiger partial charge in [-0.3, -0.25) is 14.9 Å². The minimum Gasteiger partial charge on any atom is -0.297 e. The van der Waals surface area contributed by atoms with Crippen molar-refractivity contribution in [1.29, 1.82) is 0 Å². The first-order valence-corrected chi connectivity index (χ1v) is 5.57. The maximum Gasteiger partial charge on any atom is 0.274 e. The van der Waals surface area contributed by atoms with E-state index < -0.39 is 0 Å². The Bertz CT molecular complexity index is 751. The summed E-state index contributed by atoms with van der Waals surface area (Å²) in [4.78, 5) is 23.7. The summed E-state index contributed by atoms with van der Waals surface area (Å²) in [6.45, 7) is 0. The zero-order valence-corrected chi connectivity index (χ0v) is 9.93. The Kier molecular flexibility index (Phi) is 2.08. The first kappa shape index (κ1) is 10.4. The van der Waals surface area contributed by atoms with Gasteiger partial charge in [0.15, 0.2) is 5.11 Å². The summed E-state index contributed by atoms with van der Waals surface area (Å²) in [5.74, 6) is -0.367. The Balaban J connectivity index is 2.52. The maximum absolute atomic E-state index is 12.1. The molecular formula is C11H5ClN2O2S. The highest BCUT2D eigenvalue weighted by molar-refractivity contribution is 7.80. The van der Waals surface area contributed by atoms with Gasteiger partial charge in [-0.15, -0.1) is 0 Å². The number of amides is 1. The van der Waals surface area contributed by atoms with Gasteiger partial charge in [0.25, 0.3) is 11.5 Å². The summed E-state index contributed by atoms with van der Waals surface area (Å²) in [5, 5.41) is 4.19. The van der Waals surface area contributed by atoms with Gasteiger partial charge in [-0.05, 0) is 41.9 Å². The number of halogens is 1. The molecule has 0 saturated carbocycles. The third-order valence-corrected chi connectivity index (χ3v) is 3.16. The maximum atomic E-state index is 12.1. The lowest BCUT2D eigenvalue weighted by Gasteiger charge is -2.03. The average Bonchev–Trinajstić information content (AvgIpc) is 2.54. The Hall–Kier alpha value is -1.72. The van der Waals surface area contributed by atoms with Gasteiger partial charge in [0.05, 0.1) is 0 Å². The molecule has 1 amide bonds. The molecule has 6 heteroatoms. The van der Waals surface area contributed by atoms with Crippen LogP contribution in [0.15, 0.2) is 29.1 Å². The predicted molar refractivity (Wildman–Crippen MR) is 68.7 cm³/mol. The molecule has 1 N–H and O–H groups in total. The second-order valence-corrected chi connectivity index (χ2v) is 4.48. The molecule has 0 aliphatic carbocycles. The van der Waals surface area contributed by atoms with E-state index in [-0.39, 0.29) is 22.3 Å². The number of benzene rings is 1. The fourth-order valence-electron chi connectivity index (χ4n) is 1.88. The van der Waals surface area contributed by atoms with Gasteiger partial charge >= 0.3 is 0 Å². The summed E-state index contributed by atoms with van der Waals surface area (Å²) in [6, 6.07) is 6.51. The van der Waals surface area contributed by atoms with Crippen LogP contribution in [0.5, 0.6) is 0 Å². The molecule has 2 heterocycles. The van der Waals surface area contributed by atoms with E-state index >= 15 is 0 Å². The van der Waals surface area contributed by atoms with E-state index in [1.807, 2.05) is 0 Å². The van der Waals surface area contributed by atoms with Crippen LogP contribution in [-0.2, 0) is 0 Å². The fourth-order valence-corrected chi connectivity index (χ4v) is 2.33. The highest BCUT2D eigenvalue weighted by atomic mass is 35.5. The molecule has 0 spiro atoms. The molecule has 0 radical (unpaired) electrons. The Labute approximate surface area is 106 Å². The van der Waals surface area contributed by atoms with E-state index in [2.05, 4.69) is 5.32 Å². The third kappa shape index (κ3) is 1.40. The number of carbonyl (C=O) groups is 1. The van der Waals surface area contributed by atoms with Crippen molar-refractivity contribution in [2.75, 3.05) is 0 Å². The zero-order valence-electron chi connectivity index (χ0n) is 8.36. The van der Waals surface area contributed by atoms with Gasteiger partial charge in [0.1, 0.15) is 5.69 Å². The van der Waals surface area contributed by atoms with Crippen molar-refractivity contribution in [3.05, 3.63) is 45.3 Å². The highest BCUT2D eigenvalue weighted by Crippen LogP contribution is 2.19. The summed E-state index contributed by atoms with van der Waals surface area (Å²) in [5.41, 5.74) is -0.0627. The first-order chi connectivity index (χ1) is 8.08. The van der Waals surface area contributed by atoms with E-state index in [0.29, 0.717) is 15.8 Å². The van der Waals surface area contributed by atoms with Crippen LogP contribution in [0.25, 0.3) is 10.8 Å². The number of hydrogen-bond donors (Lipinski definition) is 1. The molecule has 1 aromatic heterocycles. The monoisotopic (exact) mass is 264 g/mol. The van der Waals surface area contributed by atoms with Gasteiger partial charge < -0.3 is 0 Å². The number of hydrogen-bond acceptors (Lipinski definition) is 3. The van der Waals surface area contributed by atoms with Crippen molar-refractivity contribution in [1.82, 2.24) is 9.88 Å². The number of thiocarbonyl (C=S) groups is 1. The van der Waals surface area contributed by atoms with Crippen LogP contribution in [0.1, 0.15) is 10.5 Å². The van der Waals surface area contributed by atoms with Gasteiger partial charge in [0.2, 0.25) is 0 Å². The number of rotatable bonds is 0. The molecule has 2 aromatic rings. The van der Waals surface area contributed by atoms with Crippen molar-refractivity contribution in [3.63, 3.8) is 0 Å². The van der Waals surface area contributed by atoms with Crippen LogP contribution in [0, 0.1) is 0 Å². The zero-order chi connectivity index (χ0) is 12.2. The second kappa shape index (κ2) is 3.38. The molecule has 0 atom stereocenters. The van der Waals surface area contributed by atoms with Crippen LogP contribution in [0.2, 0.25) is 5.02 Å². The number of fused-ring (bicyclic) bond motifs is 2. The Morgan fingerprint density at radius 3 is 2.76 bits per heavy atom. The van der Waals surface area contributed by atoms with Crippen LogP contribution < -0.4 is 10.9 Å². The largest absolute Gasteiger partial charge is 0.297 e. The lowest BCUT2D eigenvalue weighted by atomic mass is 10.1. The van der Waals surface area contributed by atoms with E-state index in [0.717, 1.165) is 0 Å². The van der Waals surface area contributed by atoms with E-state index in [1.54, 1.807) is 24.3 Å². The molecule has 0 fully saturated rings. The van der Waals surface area contributed by atoms with Crippen molar-refractivity contribution < 1.29 is 4.79 Å². The summed E-state index contributed by atoms with van der Waals surface area (Å²) >= 11 is 10.8. The summed E-state index contributed by atoms with van der Waals surface area (Å²) in [6.07, 6.45) is 0. The van der Waals surface area contributed by atoms with Crippen LogP contribution >= 0.6 is 23.8 Å². The molecule has 1 aliphatic rings. The molecule has 1 aliphatic heterocycles. The molecule has 3 rings (SSSR count). The highest BCUT2D eigenvalue weighted by Gasteiger charge is 2.25. The summed E-state index contributed by atoms with van der Waals surface area (Å²) < 4.78 is 1.20. The average molecular weight is 265 g/mol. The van der Waals surface area contributed by atoms with Crippen LogP contribution in [0.3, 0.4) is 0 Å². The molecule has 0 unspecified atom stereocenters. The lowest BCUT2D eigenvalue weighted by molar-refractivity contribution is 0.0981. The third-order valence-electron chi connectivity index (χ3n) is 2.64. The summed E-state index contributed by atoms with van der Waals surface area (Å²) in [7, 11) is 0. The number of pyridine rings is 1. The minimum atomic E-state index is -0.367. The Morgan fingerprint density at radius 2 is 2.00 bits per heavy atom. The van der Waals surface area contributed by atoms with Crippen molar-refractivity contribution in [2.24, 2.45) is 0 Å². The van der Waals surface area contributed by atoms with E-state index in [1.165, 1.54) is 4.57 Å². The standard InChI is InChI=1S/C11H5ClN2O2S/c12-6-1-2-7-5(3-6)4-8-9(15)13-11(17)14(8)10(7)16/h1-4H,(H,13,15,17). The van der Waals surface area contributed by atoms with Crippen LogP contribution in [0.4, 0.5) is 0 Å². The predicted octanol–water partition coefficient (Wildman–Crippen LogP) is 1.53. The fraction of sp³-hybridized carbons (Fsp3) is 0. The van der Waals surface area contributed by atoms with Gasteiger partial charge in [-0.2, -0.15) is 0 Å². The number of carbonyl (C=O) groups excluding carboxylic acids is 1. The number of aromatic nitrogens is 1. The van der Waals surface area contributed by atoms with Gasteiger partial charge in [-0.1, -0.05) is 11.6 Å². The lowest BCUT2D eigenvalue weighted by Crippen LogP contribution is -2.28. The molecule has 0 bridgehead atoms. The van der Waals surface area contributed by atoms with E-state index in [4.69, 9.17) is 23.8 Å². The molecule has 0 saturated heterocycles. The molecule has 17 heavy (non-hydrogen) atoms. The number of nitrogens with zero attached hydrogens (tertiary/aromatic N) is 1. The Morgan fingerprint density at radius 1 is 1.24 bits per heavy atom. The topological polar surface area (TPSA) is 51.1 Å². The quantitative estimate of drug-likeness (QED) is 0.734. The minimum absolute atomic E-state index is 0.117. The van der Waals surface area contributed by atoms with E-state index in [9.17, 15) is 9.59 Å². The van der Waals surface area contributed by atoms with Crippen molar-refractivity contribution >= 4 is 45.6 Å². The smallest absolute Gasteiger partial charge is 0.274 e. The molecule has 4 nitrogen and oxygen atoms in total.